The van der Waals surface area contributed by atoms with Gasteiger partial charge in [0.2, 0.25) is 10.0 Å². The van der Waals surface area contributed by atoms with Crippen LogP contribution in [0.15, 0.2) is 65.8 Å². The van der Waals surface area contributed by atoms with Crippen LogP contribution in [0, 0.1) is 0 Å². The molecule has 5 nitrogen and oxygen atoms in total. The highest BCUT2D eigenvalue weighted by molar-refractivity contribution is 7.89. The molecule has 1 unspecified atom stereocenters. The maximum absolute atomic E-state index is 13.7. The Balaban J connectivity index is 1.82. The third-order valence-electron chi connectivity index (χ3n) is 5.21. The summed E-state index contributed by atoms with van der Waals surface area (Å²) in [5.41, 5.74) is 2.27. The van der Waals surface area contributed by atoms with Gasteiger partial charge in [-0.25, -0.2) is 8.42 Å². The summed E-state index contributed by atoms with van der Waals surface area (Å²) in [6, 6.07) is 14.9. The Morgan fingerprint density at radius 3 is 2.81 bits per heavy atom. The van der Waals surface area contributed by atoms with E-state index >= 15 is 0 Å². The zero-order chi connectivity index (χ0) is 18.9. The van der Waals surface area contributed by atoms with E-state index in [0.717, 1.165) is 23.8 Å². The van der Waals surface area contributed by atoms with Gasteiger partial charge in [0.25, 0.3) is 0 Å². The lowest BCUT2D eigenvalue weighted by atomic mass is 10.1. The predicted molar refractivity (Wildman–Crippen MR) is 105 cm³/mol. The second kappa shape index (κ2) is 7.38. The van der Waals surface area contributed by atoms with Gasteiger partial charge in [-0.15, -0.1) is 0 Å². The Bertz CT molecular complexity index is 1060. The maximum atomic E-state index is 13.7. The van der Waals surface area contributed by atoms with Crippen molar-refractivity contribution in [3.8, 4) is 0 Å². The molecule has 0 radical (unpaired) electrons. The molecule has 0 bridgehead atoms. The van der Waals surface area contributed by atoms with E-state index in [1.54, 1.807) is 34.9 Å². The first-order valence-corrected chi connectivity index (χ1v) is 10.6. The first-order valence-electron chi connectivity index (χ1n) is 9.16. The monoisotopic (exact) mass is 382 g/mol. The molecule has 1 aliphatic rings. The third kappa shape index (κ3) is 3.25. The minimum absolute atomic E-state index is 0.0418. The van der Waals surface area contributed by atoms with Crippen LogP contribution in [-0.4, -0.2) is 36.0 Å². The number of pyridine rings is 1. The number of aromatic nitrogens is 1. The van der Waals surface area contributed by atoms with Gasteiger partial charge in [0.05, 0.1) is 10.9 Å². The molecule has 2 aromatic carbocycles. The maximum Gasteiger partial charge on any atom is 0.244 e. The molecule has 4 rings (SSSR count). The molecule has 0 spiro atoms. The number of benzene rings is 2. The van der Waals surface area contributed by atoms with Gasteiger partial charge in [0.1, 0.15) is 0 Å². The Morgan fingerprint density at radius 1 is 1.11 bits per heavy atom. The van der Waals surface area contributed by atoms with Crippen molar-refractivity contribution >= 4 is 20.8 Å². The molecule has 0 amide bonds. The topological polar surface area (TPSA) is 70.5 Å². The van der Waals surface area contributed by atoms with Crippen molar-refractivity contribution in [3.05, 3.63) is 72.1 Å². The summed E-state index contributed by atoms with van der Waals surface area (Å²) in [6.07, 6.45) is 5.33. The first-order chi connectivity index (χ1) is 13.1. The lowest BCUT2D eigenvalue weighted by Gasteiger charge is -2.29. The van der Waals surface area contributed by atoms with Crippen molar-refractivity contribution in [3.63, 3.8) is 0 Å². The fraction of sp³-hybridized carbons (Fsp3) is 0.286. The fourth-order valence-corrected chi connectivity index (χ4v) is 5.84. The number of fused-ring (bicyclic) bond motifs is 2. The summed E-state index contributed by atoms with van der Waals surface area (Å²) < 4.78 is 28.9. The van der Waals surface area contributed by atoms with E-state index in [1.807, 2.05) is 24.3 Å². The van der Waals surface area contributed by atoms with Gasteiger partial charge in [-0.2, -0.15) is 4.31 Å². The van der Waals surface area contributed by atoms with Crippen molar-refractivity contribution < 1.29 is 13.5 Å². The zero-order valence-corrected chi connectivity index (χ0v) is 15.8. The minimum atomic E-state index is -3.73. The van der Waals surface area contributed by atoms with Crippen LogP contribution in [0.25, 0.3) is 10.8 Å². The summed E-state index contributed by atoms with van der Waals surface area (Å²) in [5, 5.41) is 10.8. The second-order valence-electron chi connectivity index (χ2n) is 6.80. The number of hydrogen-bond donors (Lipinski definition) is 1. The lowest BCUT2D eigenvalue weighted by molar-refractivity contribution is 0.250. The first kappa shape index (κ1) is 18.1. The van der Waals surface area contributed by atoms with Crippen molar-refractivity contribution in [2.45, 2.75) is 30.2 Å². The van der Waals surface area contributed by atoms with Crippen molar-refractivity contribution in [2.75, 3.05) is 13.2 Å². The van der Waals surface area contributed by atoms with Gasteiger partial charge in [-0.3, -0.25) is 4.98 Å². The van der Waals surface area contributed by atoms with Gasteiger partial charge < -0.3 is 5.11 Å². The number of hydrogen-bond acceptors (Lipinski definition) is 4. The van der Waals surface area contributed by atoms with Crippen molar-refractivity contribution in [1.82, 2.24) is 9.29 Å². The highest BCUT2D eigenvalue weighted by Crippen LogP contribution is 2.39. The molecule has 0 saturated heterocycles. The number of sulfonamides is 1. The van der Waals surface area contributed by atoms with E-state index in [0.29, 0.717) is 23.2 Å². The van der Waals surface area contributed by atoms with E-state index in [9.17, 15) is 13.5 Å². The quantitative estimate of drug-likeness (QED) is 0.710. The van der Waals surface area contributed by atoms with Gasteiger partial charge in [0.15, 0.2) is 0 Å². The second-order valence-corrected chi connectivity index (χ2v) is 8.66. The molecular formula is C21H22N2O3S. The van der Waals surface area contributed by atoms with Gasteiger partial charge in [-0.1, -0.05) is 36.4 Å². The molecule has 1 aromatic heterocycles. The average molecular weight is 382 g/mol. The molecule has 27 heavy (non-hydrogen) atoms. The average Bonchev–Trinajstić information content (AvgIpc) is 3.11. The molecule has 6 heteroatoms. The zero-order valence-electron chi connectivity index (χ0n) is 15.0. The number of rotatable bonds is 6. The summed E-state index contributed by atoms with van der Waals surface area (Å²) in [4.78, 5) is 4.39. The normalized spacial score (nSPS) is 16.7. The van der Waals surface area contributed by atoms with Crippen LogP contribution in [0.2, 0.25) is 0 Å². The highest BCUT2D eigenvalue weighted by Gasteiger charge is 2.36. The highest BCUT2D eigenvalue weighted by atomic mass is 32.2. The molecule has 0 aliphatic heterocycles. The molecular weight excluding hydrogens is 360 g/mol. The van der Waals surface area contributed by atoms with Crippen LogP contribution in [0.5, 0.6) is 0 Å². The molecule has 0 fully saturated rings. The number of aliphatic hydroxyl groups excluding tert-OH is 1. The molecule has 0 saturated carbocycles. The predicted octanol–water partition coefficient (Wildman–Crippen LogP) is 3.30. The molecule has 1 atom stereocenters. The van der Waals surface area contributed by atoms with Crippen LogP contribution in [0.1, 0.15) is 30.0 Å². The van der Waals surface area contributed by atoms with Crippen LogP contribution in [-0.2, 0) is 16.4 Å². The summed E-state index contributed by atoms with van der Waals surface area (Å²) in [7, 11) is -3.73. The molecule has 1 N–H and O–H groups in total. The van der Waals surface area contributed by atoms with Crippen LogP contribution >= 0.6 is 0 Å². The van der Waals surface area contributed by atoms with Crippen molar-refractivity contribution in [1.29, 1.82) is 0 Å². The number of nitrogens with zero attached hydrogens (tertiary/aromatic N) is 2. The van der Waals surface area contributed by atoms with E-state index in [4.69, 9.17) is 0 Å². The Labute approximate surface area is 159 Å². The van der Waals surface area contributed by atoms with Gasteiger partial charge >= 0.3 is 0 Å². The minimum Gasteiger partial charge on any atom is -0.396 e. The number of aliphatic hydroxyl groups is 1. The lowest BCUT2D eigenvalue weighted by Crippen LogP contribution is -2.35. The van der Waals surface area contributed by atoms with Crippen LogP contribution in [0.3, 0.4) is 0 Å². The van der Waals surface area contributed by atoms with E-state index < -0.39 is 10.0 Å². The van der Waals surface area contributed by atoms with Gasteiger partial charge in [0, 0.05) is 36.3 Å². The molecule has 1 heterocycles. The fourth-order valence-electron chi connectivity index (χ4n) is 3.95. The summed E-state index contributed by atoms with van der Waals surface area (Å²) in [5.74, 6) is 0. The van der Waals surface area contributed by atoms with E-state index in [2.05, 4.69) is 11.1 Å². The Morgan fingerprint density at radius 2 is 1.96 bits per heavy atom. The molecule has 3 aromatic rings. The van der Waals surface area contributed by atoms with Crippen LogP contribution in [0.4, 0.5) is 0 Å². The standard InChI is InChI=1S/C21H22N2O3S/c24-14-4-13-23(20-10-9-16-5-1-2-7-18(16)20)27(25,26)21-8-3-6-17-15-22-12-11-19(17)21/h1-3,5-8,11-12,15,20,24H,4,9-10,13-14H2. The van der Waals surface area contributed by atoms with E-state index in [-0.39, 0.29) is 12.6 Å². The third-order valence-corrected chi connectivity index (χ3v) is 7.18. The SMILES string of the molecule is O=S(=O)(c1cccc2cnccc12)N(CCCO)C1CCc2ccccc21. The van der Waals surface area contributed by atoms with Crippen LogP contribution < -0.4 is 0 Å². The summed E-state index contributed by atoms with van der Waals surface area (Å²) >= 11 is 0. The van der Waals surface area contributed by atoms with Crippen molar-refractivity contribution in [2.24, 2.45) is 0 Å². The Hall–Kier alpha value is -2.28. The smallest absolute Gasteiger partial charge is 0.244 e. The largest absolute Gasteiger partial charge is 0.396 e. The van der Waals surface area contributed by atoms with Gasteiger partial charge in [-0.05, 0) is 42.5 Å². The number of aryl methyl sites for hydroxylation is 1. The molecule has 1 aliphatic carbocycles. The Kier molecular flexibility index (Phi) is 4.95. The van der Waals surface area contributed by atoms with E-state index in [1.165, 1.54) is 5.56 Å². The summed E-state index contributed by atoms with van der Waals surface area (Å²) in [6.45, 7) is 0.249. The molecule has 140 valence electrons.